The van der Waals surface area contributed by atoms with E-state index in [4.69, 9.17) is 0 Å². The van der Waals surface area contributed by atoms with Crippen LogP contribution in [-0.4, -0.2) is 0 Å². The van der Waals surface area contributed by atoms with Crippen LogP contribution in [0.25, 0.3) is 0 Å². The first-order valence-electron chi connectivity index (χ1n) is 4.65. The molecule has 0 aromatic heterocycles. The van der Waals surface area contributed by atoms with E-state index in [0.717, 1.165) is 0 Å². The maximum atomic E-state index is 3.03. The third-order valence-corrected chi connectivity index (χ3v) is 1.73. The van der Waals surface area contributed by atoms with Crippen LogP contribution in [-0.2, 0) is 26.2 Å². The van der Waals surface area contributed by atoms with Gasteiger partial charge in [-0.2, -0.15) is 71.8 Å². The van der Waals surface area contributed by atoms with E-state index in [1.165, 1.54) is 11.1 Å². The van der Waals surface area contributed by atoms with Crippen molar-refractivity contribution in [1.82, 2.24) is 0 Å². The molecular weight excluding hydrogens is 259 g/mol. The zero-order chi connectivity index (χ0) is 10.2. The molecular formula is C14H14Zr. The first-order chi connectivity index (χ1) is 6.79. The van der Waals surface area contributed by atoms with Gasteiger partial charge < -0.3 is 0 Å². The quantitative estimate of drug-likeness (QED) is 0.644. The summed E-state index contributed by atoms with van der Waals surface area (Å²) in [5.41, 5.74) is 2.39. The van der Waals surface area contributed by atoms with Crippen molar-refractivity contribution in [1.29, 1.82) is 0 Å². The minimum Gasteiger partial charge on any atom is -0.181 e. The Labute approximate surface area is 111 Å². The topological polar surface area (TPSA) is 0 Å². The summed E-state index contributed by atoms with van der Waals surface area (Å²) in [5.74, 6) is 0. The molecule has 0 spiro atoms. The van der Waals surface area contributed by atoms with Gasteiger partial charge in [-0.25, -0.2) is 0 Å². The molecule has 0 aliphatic carbocycles. The second kappa shape index (κ2) is 8.62. The minimum absolute atomic E-state index is 0. The Morgan fingerprint density at radius 2 is 1.13 bits per heavy atom. The molecule has 74 valence electrons. The number of hydrogen-bond acceptors (Lipinski definition) is 0. The maximum absolute atomic E-state index is 3.03. The maximum Gasteiger partial charge on any atom is 2.00 e. The molecule has 1 heteroatoms. The molecule has 0 atom stereocenters. The van der Waals surface area contributed by atoms with Crippen LogP contribution in [0.4, 0.5) is 0 Å². The molecule has 15 heavy (non-hydrogen) atoms. The van der Waals surface area contributed by atoms with Crippen LogP contribution >= 0.6 is 0 Å². The molecule has 0 bridgehead atoms. The van der Waals surface area contributed by atoms with E-state index in [1.807, 2.05) is 62.4 Å². The molecule has 2 aromatic carbocycles. The van der Waals surface area contributed by atoms with Crippen LogP contribution in [0.1, 0.15) is 11.1 Å². The van der Waals surface area contributed by atoms with Crippen molar-refractivity contribution in [3.63, 3.8) is 0 Å². The first kappa shape index (κ1) is 14.3. The van der Waals surface area contributed by atoms with Crippen LogP contribution < -0.4 is 0 Å². The smallest absolute Gasteiger partial charge is 0.181 e. The van der Waals surface area contributed by atoms with Crippen LogP contribution in [0.5, 0.6) is 0 Å². The molecule has 2 aromatic rings. The SMILES string of the molecule is Cc1[c-]cccc1.Cc1[c-]cccc1.[Zr+2]. The Morgan fingerprint density at radius 1 is 0.733 bits per heavy atom. The second-order valence-electron chi connectivity index (χ2n) is 3.09. The van der Waals surface area contributed by atoms with Crippen molar-refractivity contribution in [2.45, 2.75) is 13.8 Å². The number of benzene rings is 2. The summed E-state index contributed by atoms with van der Waals surface area (Å²) in [5, 5.41) is 0. The first-order valence-corrected chi connectivity index (χ1v) is 4.65. The summed E-state index contributed by atoms with van der Waals surface area (Å²) >= 11 is 0. The van der Waals surface area contributed by atoms with Gasteiger partial charge >= 0.3 is 26.2 Å². The van der Waals surface area contributed by atoms with Gasteiger partial charge in [0.25, 0.3) is 0 Å². The van der Waals surface area contributed by atoms with Crippen molar-refractivity contribution in [2.24, 2.45) is 0 Å². The van der Waals surface area contributed by atoms with Gasteiger partial charge in [0.2, 0.25) is 0 Å². The second-order valence-corrected chi connectivity index (χ2v) is 3.09. The standard InChI is InChI=1S/2C7H7.Zr/c2*1-7-5-3-2-4-6-7;/h2*2-5H,1H3;/q2*-1;+2. The molecule has 0 N–H and O–H groups in total. The number of aryl methyl sites for hydroxylation is 2. The van der Waals surface area contributed by atoms with Gasteiger partial charge in [-0.3, -0.25) is 0 Å². The average molecular weight is 273 g/mol. The Morgan fingerprint density at radius 3 is 1.27 bits per heavy atom. The van der Waals surface area contributed by atoms with Crippen molar-refractivity contribution in [3.05, 3.63) is 71.8 Å². The molecule has 0 saturated heterocycles. The third kappa shape index (κ3) is 7.28. The summed E-state index contributed by atoms with van der Waals surface area (Å²) in [6.07, 6.45) is 0. The van der Waals surface area contributed by atoms with Gasteiger partial charge in [-0.05, 0) is 0 Å². The van der Waals surface area contributed by atoms with Gasteiger partial charge in [-0.15, -0.1) is 0 Å². The molecule has 0 nitrogen and oxygen atoms in total. The summed E-state index contributed by atoms with van der Waals surface area (Å²) in [6.45, 7) is 4.06. The third-order valence-electron chi connectivity index (χ3n) is 1.73. The normalized spacial score (nSPS) is 8.13. The van der Waals surface area contributed by atoms with E-state index >= 15 is 0 Å². The molecule has 2 rings (SSSR count). The number of hydrogen-bond donors (Lipinski definition) is 0. The summed E-state index contributed by atoms with van der Waals surface area (Å²) in [4.78, 5) is 0. The molecule has 0 amide bonds. The predicted molar refractivity (Wildman–Crippen MR) is 60.0 cm³/mol. The summed E-state index contributed by atoms with van der Waals surface area (Å²) in [7, 11) is 0. The minimum atomic E-state index is 0. The largest absolute Gasteiger partial charge is 2.00 e. The average Bonchev–Trinajstić information content (AvgIpc) is 2.21. The zero-order valence-corrected chi connectivity index (χ0v) is 11.6. The van der Waals surface area contributed by atoms with Gasteiger partial charge in [0.05, 0.1) is 0 Å². The molecule has 0 saturated carbocycles. The van der Waals surface area contributed by atoms with Crippen molar-refractivity contribution < 1.29 is 26.2 Å². The molecule has 0 heterocycles. The molecule has 0 radical (unpaired) electrons. The molecule has 0 unspecified atom stereocenters. The number of rotatable bonds is 0. The van der Waals surface area contributed by atoms with E-state index in [2.05, 4.69) is 12.1 Å². The predicted octanol–water partition coefficient (Wildman–Crippen LogP) is 3.59. The Hall–Kier alpha value is -0.677. The van der Waals surface area contributed by atoms with Crippen molar-refractivity contribution >= 4 is 0 Å². The summed E-state index contributed by atoms with van der Waals surface area (Å²) in [6, 6.07) is 21.9. The fraction of sp³-hybridized carbons (Fsp3) is 0.143. The van der Waals surface area contributed by atoms with Crippen LogP contribution in [0.3, 0.4) is 0 Å². The summed E-state index contributed by atoms with van der Waals surface area (Å²) < 4.78 is 0. The molecule has 0 aliphatic heterocycles. The van der Waals surface area contributed by atoms with E-state index < -0.39 is 0 Å². The van der Waals surface area contributed by atoms with E-state index in [0.29, 0.717) is 0 Å². The Balaban J connectivity index is 0.000000245. The van der Waals surface area contributed by atoms with Gasteiger partial charge in [0, 0.05) is 0 Å². The van der Waals surface area contributed by atoms with E-state index in [-0.39, 0.29) is 26.2 Å². The van der Waals surface area contributed by atoms with Crippen molar-refractivity contribution in [2.75, 3.05) is 0 Å². The van der Waals surface area contributed by atoms with Crippen LogP contribution in [0.2, 0.25) is 0 Å². The Bertz CT molecular complexity index is 303. The fourth-order valence-electron chi connectivity index (χ4n) is 0.966. The monoisotopic (exact) mass is 272 g/mol. The van der Waals surface area contributed by atoms with Gasteiger partial charge in [0.15, 0.2) is 0 Å². The van der Waals surface area contributed by atoms with Crippen LogP contribution in [0, 0.1) is 26.0 Å². The molecule has 0 aliphatic rings. The van der Waals surface area contributed by atoms with Crippen LogP contribution in [0.15, 0.2) is 48.5 Å². The molecule has 0 fully saturated rings. The Kier molecular flexibility index (Phi) is 8.23. The van der Waals surface area contributed by atoms with E-state index in [1.54, 1.807) is 0 Å². The van der Waals surface area contributed by atoms with Gasteiger partial charge in [0.1, 0.15) is 0 Å². The van der Waals surface area contributed by atoms with Gasteiger partial charge in [-0.1, -0.05) is 13.8 Å². The van der Waals surface area contributed by atoms with Crippen molar-refractivity contribution in [3.8, 4) is 0 Å². The zero-order valence-electron chi connectivity index (χ0n) is 9.12. The fourth-order valence-corrected chi connectivity index (χ4v) is 0.966. The van der Waals surface area contributed by atoms with E-state index in [9.17, 15) is 0 Å².